The van der Waals surface area contributed by atoms with Crippen LogP contribution in [0.25, 0.3) is 0 Å². The van der Waals surface area contributed by atoms with Crippen LogP contribution in [-0.4, -0.2) is 29.1 Å². The monoisotopic (exact) mass is 251 g/mol. The second-order valence-corrected chi connectivity index (χ2v) is 4.02. The number of phenolic OH excluding ortho intramolecular Hbond substituents is 1. The molecule has 0 fully saturated rings. The Hall–Kier alpha value is -2.04. The predicted molar refractivity (Wildman–Crippen MR) is 67.6 cm³/mol. The van der Waals surface area contributed by atoms with Crippen LogP contribution >= 0.6 is 0 Å². The molecule has 0 aliphatic carbocycles. The van der Waals surface area contributed by atoms with Gasteiger partial charge < -0.3 is 15.1 Å². The molecule has 0 saturated carbocycles. The number of aliphatic carboxylic acids is 1. The molecule has 0 spiro atoms. The quantitative estimate of drug-likeness (QED) is 0.547. The first-order valence-electron chi connectivity index (χ1n) is 5.86. The van der Waals surface area contributed by atoms with Crippen molar-refractivity contribution in [2.45, 2.75) is 25.7 Å². The molecule has 1 aromatic carbocycles. The molecule has 98 valence electrons. The first-order valence-corrected chi connectivity index (χ1v) is 5.86. The van der Waals surface area contributed by atoms with E-state index in [-0.39, 0.29) is 12.2 Å². The summed E-state index contributed by atoms with van der Waals surface area (Å²) in [6.07, 6.45) is 3.06. The van der Waals surface area contributed by atoms with E-state index in [0.29, 0.717) is 13.0 Å². The number of benzene rings is 1. The molecule has 5 heteroatoms. The molecule has 0 aromatic heterocycles. The number of amides is 1. The van der Waals surface area contributed by atoms with Gasteiger partial charge >= 0.3 is 5.97 Å². The summed E-state index contributed by atoms with van der Waals surface area (Å²) >= 11 is 0. The summed E-state index contributed by atoms with van der Waals surface area (Å²) in [5.41, 5.74) is 0.723. The van der Waals surface area contributed by atoms with E-state index in [9.17, 15) is 9.59 Å². The minimum atomic E-state index is -0.791. The molecule has 0 radical (unpaired) electrons. The Balaban J connectivity index is 2.36. The van der Waals surface area contributed by atoms with Gasteiger partial charge in [0.1, 0.15) is 5.75 Å². The molecular weight excluding hydrogens is 234 g/mol. The zero-order valence-corrected chi connectivity index (χ0v) is 10.1. The molecule has 0 heterocycles. The van der Waals surface area contributed by atoms with E-state index in [4.69, 9.17) is 10.2 Å². The standard InChI is InChI=1S/C13H17NO4/c15-10-14(9-3-1-2-4-13(17)18)11-5-7-12(16)8-6-11/h5-8,10,16H,1-4,9H2,(H,17,18). The van der Waals surface area contributed by atoms with Crippen LogP contribution < -0.4 is 4.90 Å². The Kier molecular flexibility index (Phi) is 5.70. The van der Waals surface area contributed by atoms with Crippen molar-refractivity contribution >= 4 is 18.1 Å². The maximum atomic E-state index is 10.9. The fourth-order valence-corrected chi connectivity index (χ4v) is 1.62. The highest BCUT2D eigenvalue weighted by Crippen LogP contribution is 2.17. The number of phenols is 1. The average molecular weight is 251 g/mol. The number of carbonyl (C=O) groups excluding carboxylic acids is 1. The average Bonchev–Trinajstić information content (AvgIpc) is 2.35. The molecular formula is C13H17NO4. The van der Waals surface area contributed by atoms with Gasteiger partial charge in [0.2, 0.25) is 6.41 Å². The van der Waals surface area contributed by atoms with E-state index in [1.165, 1.54) is 12.1 Å². The number of carboxylic acids is 1. The molecule has 0 aliphatic rings. The van der Waals surface area contributed by atoms with Gasteiger partial charge in [-0.3, -0.25) is 9.59 Å². The lowest BCUT2D eigenvalue weighted by molar-refractivity contribution is -0.137. The topological polar surface area (TPSA) is 77.8 Å². The smallest absolute Gasteiger partial charge is 0.303 e. The third kappa shape index (κ3) is 4.86. The summed E-state index contributed by atoms with van der Waals surface area (Å²) in [6.45, 7) is 0.549. The SMILES string of the molecule is O=CN(CCCCCC(=O)O)c1ccc(O)cc1. The van der Waals surface area contributed by atoms with Crippen LogP contribution in [-0.2, 0) is 9.59 Å². The van der Waals surface area contributed by atoms with E-state index in [1.807, 2.05) is 0 Å². The normalized spacial score (nSPS) is 10.0. The molecule has 1 aromatic rings. The van der Waals surface area contributed by atoms with Crippen LogP contribution in [0.5, 0.6) is 5.75 Å². The maximum absolute atomic E-state index is 10.9. The largest absolute Gasteiger partial charge is 0.508 e. The fraction of sp³-hybridized carbons (Fsp3) is 0.385. The van der Waals surface area contributed by atoms with Gasteiger partial charge in [-0.15, -0.1) is 0 Å². The van der Waals surface area contributed by atoms with Crippen molar-refractivity contribution in [1.29, 1.82) is 0 Å². The minimum absolute atomic E-state index is 0.158. The number of anilines is 1. The van der Waals surface area contributed by atoms with Crippen molar-refractivity contribution in [2.75, 3.05) is 11.4 Å². The predicted octanol–water partition coefficient (Wildman–Crippen LogP) is 2.00. The maximum Gasteiger partial charge on any atom is 0.303 e. The van der Waals surface area contributed by atoms with Crippen molar-refractivity contribution < 1.29 is 19.8 Å². The first kappa shape index (κ1) is 14.0. The lowest BCUT2D eigenvalue weighted by Gasteiger charge is -2.17. The Bertz CT molecular complexity index is 388. The third-order valence-electron chi connectivity index (χ3n) is 2.60. The van der Waals surface area contributed by atoms with Crippen LogP contribution in [0, 0.1) is 0 Å². The van der Waals surface area contributed by atoms with Gasteiger partial charge in [-0.1, -0.05) is 6.42 Å². The summed E-state index contributed by atoms with van der Waals surface area (Å²) < 4.78 is 0. The molecule has 0 saturated heterocycles. The van der Waals surface area contributed by atoms with Crippen LogP contribution in [0.1, 0.15) is 25.7 Å². The van der Waals surface area contributed by atoms with E-state index < -0.39 is 5.97 Å². The van der Waals surface area contributed by atoms with Gasteiger partial charge in [-0.25, -0.2) is 0 Å². The molecule has 5 nitrogen and oxygen atoms in total. The van der Waals surface area contributed by atoms with Crippen LogP contribution in [0.3, 0.4) is 0 Å². The lowest BCUT2D eigenvalue weighted by Crippen LogP contribution is -2.22. The molecule has 18 heavy (non-hydrogen) atoms. The van der Waals surface area contributed by atoms with Crippen LogP contribution in [0.15, 0.2) is 24.3 Å². The van der Waals surface area contributed by atoms with E-state index in [2.05, 4.69) is 0 Å². The van der Waals surface area contributed by atoms with Crippen LogP contribution in [0.4, 0.5) is 5.69 Å². The second kappa shape index (κ2) is 7.32. The van der Waals surface area contributed by atoms with Gasteiger partial charge in [-0.05, 0) is 37.1 Å². The van der Waals surface area contributed by atoms with Gasteiger partial charge in [0, 0.05) is 18.7 Å². The van der Waals surface area contributed by atoms with Gasteiger partial charge in [0.25, 0.3) is 0 Å². The molecule has 2 N–H and O–H groups in total. The van der Waals surface area contributed by atoms with Gasteiger partial charge in [0.15, 0.2) is 0 Å². The van der Waals surface area contributed by atoms with Crippen LogP contribution in [0.2, 0.25) is 0 Å². The van der Waals surface area contributed by atoms with Gasteiger partial charge in [0.05, 0.1) is 0 Å². The summed E-state index contributed by atoms with van der Waals surface area (Å²) in [7, 11) is 0. The van der Waals surface area contributed by atoms with Crippen molar-refractivity contribution in [3.8, 4) is 5.75 Å². The summed E-state index contributed by atoms with van der Waals surface area (Å²) in [5.74, 6) is -0.633. The Morgan fingerprint density at radius 1 is 1.17 bits per heavy atom. The number of unbranched alkanes of at least 4 members (excludes halogenated alkanes) is 2. The van der Waals surface area contributed by atoms with E-state index >= 15 is 0 Å². The number of hydrogen-bond acceptors (Lipinski definition) is 3. The van der Waals surface area contributed by atoms with Crippen molar-refractivity contribution in [3.05, 3.63) is 24.3 Å². The van der Waals surface area contributed by atoms with E-state index in [1.54, 1.807) is 17.0 Å². The number of carbonyl (C=O) groups is 2. The second-order valence-electron chi connectivity index (χ2n) is 4.02. The Morgan fingerprint density at radius 3 is 2.39 bits per heavy atom. The molecule has 1 amide bonds. The van der Waals surface area contributed by atoms with Crippen molar-refractivity contribution in [1.82, 2.24) is 0 Å². The number of nitrogens with zero attached hydrogens (tertiary/aromatic N) is 1. The molecule has 0 bridgehead atoms. The zero-order valence-electron chi connectivity index (χ0n) is 10.1. The lowest BCUT2D eigenvalue weighted by atomic mass is 10.2. The molecule has 0 unspecified atom stereocenters. The summed E-state index contributed by atoms with van der Waals surface area (Å²) in [6, 6.07) is 6.38. The zero-order chi connectivity index (χ0) is 13.4. The van der Waals surface area contributed by atoms with Crippen molar-refractivity contribution in [2.24, 2.45) is 0 Å². The number of carboxylic acid groups (broad SMARTS) is 1. The number of aromatic hydroxyl groups is 1. The summed E-state index contributed by atoms with van der Waals surface area (Å²) in [5, 5.41) is 17.6. The summed E-state index contributed by atoms with van der Waals surface area (Å²) in [4.78, 5) is 22.8. The number of rotatable bonds is 8. The fourth-order valence-electron chi connectivity index (χ4n) is 1.62. The van der Waals surface area contributed by atoms with Gasteiger partial charge in [-0.2, -0.15) is 0 Å². The minimum Gasteiger partial charge on any atom is -0.508 e. The Morgan fingerprint density at radius 2 is 1.83 bits per heavy atom. The number of hydrogen-bond donors (Lipinski definition) is 2. The van der Waals surface area contributed by atoms with Crippen molar-refractivity contribution in [3.63, 3.8) is 0 Å². The van der Waals surface area contributed by atoms with E-state index in [0.717, 1.165) is 24.9 Å². The molecule has 1 rings (SSSR count). The third-order valence-corrected chi connectivity index (χ3v) is 2.60. The Labute approximate surface area is 106 Å². The highest BCUT2D eigenvalue weighted by Gasteiger charge is 2.05. The molecule has 0 aliphatic heterocycles. The highest BCUT2D eigenvalue weighted by molar-refractivity contribution is 5.75. The first-order chi connectivity index (χ1) is 8.63. The molecule has 0 atom stereocenters. The highest BCUT2D eigenvalue weighted by atomic mass is 16.4.